The number of hydrogen-bond donors (Lipinski definition) is 2. The van der Waals surface area contributed by atoms with Crippen LogP contribution in [0.2, 0.25) is 0 Å². The maximum Gasteiger partial charge on any atom is 0.237 e. The molecule has 2 unspecified atom stereocenters. The van der Waals surface area contributed by atoms with Crippen LogP contribution in [-0.2, 0) is 14.3 Å². The molecule has 0 aliphatic carbocycles. The van der Waals surface area contributed by atoms with Gasteiger partial charge >= 0.3 is 0 Å². The molecule has 20 heavy (non-hydrogen) atoms. The van der Waals surface area contributed by atoms with Crippen LogP contribution in [0.4, 0.5) is 0 Å². The van der Waals surface area contributed by atoms with E-state index >= 15 is 0 Å². The summed E-state index contributed by atoms with van der Waals surface area (Å²) < 4.78 is 11.3. The molecule has 0 aromatic heterocycles. The van der Waals surface area contributed by atoms with Crippen LogP contribution in [0.25, 0.3) is 0 Å². The van der Waals surface area contributed by atoms with Crippen molar-refractivity contribution in [1.82, 2.24) is 5.32 Å². The number of rotatable bonds is 10. The second-order valence-electron chi connectivity index (χ2n) is 5.75. The van der Waals surface area contributed by atoms with Crippen LogP contribution in [0.3, 0.4) is 0 Å². The minimum Gasteiger partial charge on any atom is -0.379 e. The molecule has 1 rings (SSSR count). The van der Waals surface area contributed by atoms with E-state index in [-0.39, 0.29) is 12.0 Å². The van der Waals surface area contributed by atoms with Gasteiger partial charge in [0.05, 0.1) is 18.2 Å². The van der Waals surface area contributed by atoms with E-state index in [1.54, 1.807) is 0 Å². The first-order valence-electron chi connectivity index (χ1n) is 7.83. The summed E-state index contributed by atoms with van der Waals surface area (Å²) in [6.07, 6.45) is 6.43. The molecular weight excluding hydrogens is 256 g/mol. The van der Waals surface area contributed by atoms with Crippen molar-refractivity contribution in [1.29, 1.82) is 0 Å². The minimum atomic E-state index is -0.596. The molecule has 0 radical (unpaired) electrons. The van der Waals surface area contributed by atoms with Crippen molar-refractivity contribution in [2.75, 3.05) is 26.4 Å². The molecule has 1 amide bonds. The summed E-state index contributed by atoms with van der Waals surface area (Å²) in [6, 6.07) is 0. The largest absolute Gasteiger partial charge is 0.379 e. The van der Waals surface area contributed by atoms with Crippen molar-refractivity contribution in [3.63, 3.8) is 0 Å². The molecule has 5 heteroatoms. The molecule has 0 spiro atoms. The van der Waals surface area contributed by atoms with Crippen molar-refractivity contribution in [3.8, 4) is 0 Å². The zero-order chi connectivity index (χ0) is 14.8. The first-order valence-corrected chi connectivity index (χ1v) is 7.83. The van der Waals surface area contributed by atoms with E-state index in [1.807, 2.05) is 13.8 Å². The molecule has 3 N–H and O–H groups in total. The quantitative estimate of drug-likeness (QED) is 0.598. The third-order valence-electron chi connectivity index (χ3n) is 3.90. The number of hydrogen-bond acceptors (Lipinski definition) is 4. The third-order valence-corrected chi connectivity index (χ3v) is 3.90. The minimum absolute atomic E-state index is 0.279. The summed E-state index contributed by atoms with van der Waals surface area (Å²) in [5.41, 5.74) is 4.85. The summed E-state index contributed by atoms with van der Waals surface area (Å²) in [7, 11) is 0. The van der Waals surface area contributed by atoms with Gasteiger partial charge in [0.1, 0.15) is 0 Å². The standard InChI is InChI=1S/C15H30N2O3/c1-3-17-15(2,14(16)18)9-5-7-10-19-12-13-8-4-6-11-20-13/h13,17H,3-12H2,1-2H3,(H2,16,18). The zero-order valence-corrected chi connectivity index (χ0v) is 13.0. The fourth-order valence-corrected chi connectivity index (χ4v) is 2.53. The van der Waals surface area contributed by atoms with Gasteiger partial charge in [0.25, 0.3) is 0 Å². The predicted octanol–water partition coefficient (Wildman–Crippen LogP) is 1.60. The second-order valence-corrected chi connectivity index (χ2v) is 5.75. The molecule has 1 saturated heterocycles. The zero-order valence-electron chi connectivity index (χ0n) is 13.0. The van der Waals surface area contributed by atoms with Gasteiger partial charge in [0.2, 0.25) is 5.91 Å². The monoisotopic (exact) mass is 286 g/mol. The van der Waals surface area contributed by atoms with Gasteiger partial charge in [-0.1, -0.05) is 6.92 Å². The lowest BCUT2D eigenvalue weighted by molar-refractivity contribution is -0.124. The second kappa shape index (κ2) is 9.32. The number of primary amides is 1. The smallest absolute Gasteiger partial charge is 0.237 e. The van der Waals surface area contributed by atoms with Gasteiger partial charge in [-0.3, -0.25) is 4.79 Å². The normalized spacial score (nSPS) is 22.4. The molecule has 1 fully saturated rings. The fraction of sp³-hybridized carbons (Fsp3) is 0.933. The average Bonchev–Trinajstić information content (AvgIpc) is 2.44. The van der Waals surface area contributed by atoms with Crippen LogP contribution < -0.4 is 11.1 Å². The Morgan fingerprint density at radius 2 is 2.25 bits per heavy atom. The Bertz CT molecular complexity index is 280. The van der Waals surface area contributed by atoms with Crippen LogP contribution in [0, 0.1) is 0 Å². The number of ether oxygens (including phenoxy) is 2. The summed E-state index contributed by atoms with van der Waals surface area (Å²) in [5.74, 6) is -0.282. The Labute approximate surface area is 122 Å². The summed E-state index contributed by atoms with van der Waals surface area (Å²) in [5, 5.41) is 3.17. The van der Waals surface area contributed by atoms with Crippen LogP contribution in [0.5, 0.6) is 0 Å². The van der Waals surface area contributed by atoms with Crippen LogP contribution in [-0.4, -0.2) is 43.9 Å². The average molecular weight is 286 g/mol. The van der Waals surface area contributed by atoms with Crippen molar-refractivity contribution in [2.24, 2.45) is 5.73 Å². The van der Waals surface area contributed by atoms with Crippen molar-refractivity contribution >= 4 is 5.91 Å². The van der Waals surface area contributed by atoms with E-state index in [9.17, 15) is 4.79 Å². The number of amides is 1. The van der Waals surface area contributed by atoms with Crippen LogP contribution in [0.15, 0.2) is 0 Å². The number of nitrogens with one attached hydrogen (secondary N) is 1. The molecule has 1 aliphatic heterocycles. The van der Waals surface area contributed by atoms with Crippen LogP contribution >= 0.6 is 0 Å². The number of likely N-dealkylation sites (N-methyl/N-ethyl adjacent to an activating group) is 1. The van der Waals surface area contributed by atoms with Gasteiger partial charge in [-0.15, -0.1) is 0 Å². The van der Waals surface area contributed by atoms with Crippen molar-refractivity contribution in [2.45, 2.75) is 64.0 Å². The Morgan fingerprint density at radius 1 is 1.45 bits per heavy atom. The van der Waals surface area contributed by atoms with Crippen molar-refractivity contribution in [3.05, 3.63) is 0 Å². The van der Waals surface area contributed by atoms with Crippen molar-refractivity contribution < 1.29 is 14.3 Å². The molecule has 1 aliphatic rings. The SMILES string of the molecule is CCNC(C)(CCCCOCC1CCCCO1)C(N)=O. The Balaban J connectivity index is 2.06. The molecule has 5 nitrogen and oxygen atoms in total. The Hall–Kier alpha value is -0.650. The first kappa shape index (κ1) is 17.4. The highest BCUT2D eigenvalue weighted by Crippen LogP contribution is 2.15. The highest BCUT2D eigenvalue weighted by atomic mass is 16.5. The van der Waals surface area contributed by atoms with E-state index in [2.05, 4.69) is 5.32 Å². The Morgan fingerprint density at radius 3 is 2.85 bits per heavy atom. The highest BCUT2D eigenvalue weighted by Gasteiger charge is 2.28. The fourth-order valence-electron chi connectivity index (χ4n) is 2.53. The van der Waals surface area contributed by atoms with E-state index in [1.165, 1.54) is 12.8 Å². The topological polar surface area (TPSA) is 73.6 Å². The molecule has 2 atom stereocenters. The summed E-state index contributed by atoms with van der Waals surface area (Å²) in [6.45, 7) is 6.88. The maximum atomic E-state index is 11.4. The molecular formula is C15H30N2O3. The van der Waals surface area contributed by atoms with E-state index in [0.29, 0.717) is 6.61 Å². The third kappa shape index (κ3) is 6.20. The lowest BCUT2D eigenvalue weighted by Crippen LogP contribution is -2.52. The number of carbonyl (C=O) groups is 1. The molecule has 0 bridgehead atoms. The summed E-state index contributed by atoms with van der Waals surface area (Å²) in [4.78, 5) is 11.4. The first-order chi connectivity index (χ1) is 9.58. The van der Waals surface area contributed by atoms with E-state index in [4.69, 9.17) is 15.2 Å². The van der Waals surface area contributed by atoms with Gasteiger partial charge in [0.15, 0.2) is 0 Å². The maximum absolute atomic E-state index is 11.4. The molecule has 1 heterocycles. The molecule has 0 saturated carbocycles. The van der Waals surface area contributed by atoms with Gasteiger partial charge in [-0.2, -0.15) is 0 Å². The molecule has 0 aromatic carbocycles. The number of carbonyl (C=O) groups excluding carboxylic acids is 1. The Kier molecular flexibility index (Phi) is 8.11. The van der Waals surface area contributed by atoms with Gasteiger partial charge in [0, 0.05) is 13.2 Å². The van der Waals surface area contributed by atoms with Crippen LogP contribution in [0.1, 0.15) is 52.4 Å². The van der Waals surface area contributed by atoms with E-state index in [0.717, 1.165) is 45.4 Å². The summed E-state index contributed by atoms with van der Waals surface area (Å²) >= 11 is 0. The van der Waals surface area contributed by atoms with Gasteiger partial charge < -0.3 is 20.5 Å². The lowest BCUT2D eigenvalue weighted by atomic mass is 9.94. The molecule has 118 valence electrons. The van der Waals surface area contributed by atoms with E-state index < -0.39 is 5.54 Å². The number of unbranched alkanes of at least 4 members (excludes halogenated alkanes) is 1. The number of nitrogens with two attached hydrogens (primary N) is 1. The lowest BCUT2D eigenvalue weighted by Gasteiger charge is -2.27. The van der Waals surface area contributed by atoms with Gasteiger partial charge in [-0.25, -0.2) is 0 Å². The highest BCUT2D eigenvalue weighted by molar-refractivity contribution is 5.84. The molecule has 0 aromatic rings. The predicted molar refractivity (Wildman–Crippen MR) is 79.5 cm³/mol. The van der Waals surface area contributed by atoms with Gasteiger partial charge in [-0.05, 0) is 52.0 Å².